The summed E-state index contributed by atoms with van der Waals surface area (Å²) < 4.78 is 18.3. The van der Waals surface area contributed by atoms with Crippen molar-refractivity contribution in [2.75, 3.05) is 18.4 Å². The number of anilines is 1. The Morgan fingerprint density at radius 2 is 2.20 bits per heavy atom. The number of hydroxylamine groups is 1. The molecule has 1 fully saturated rings. The van der Waals surface area contributed by atoms with Gasteiger partial charge in [0.25, 0.3) is 0 Å². The molecule has 1 heterocycles. The van der Waals surface area contributed by atoms with Crippen LogP contribution in [-0.2, 0) is 4.79 Å². The van der Waals surface area contributed by atoms with Gasteiger partial charge in [-0.1, -0.05) is 0 Å². The average molecular weight is 483 g/mol. The number of carbonyl (C=O) groups is 1. The van der Waals surface area contributed by atoms with Crippen LogP contribution in [-0.4, -0.2) is 46.3 Å². The number of rotatable bonds is 8. The van der Waals surface area contributed by atoms with E-state index in [0.29, 0.717) is 25.2 Å². The van der Waals surface area contributed by atoms with Crippen LogP contribution in [0, 0.1) is 11.7 Å². The number of amidine groups is 1. The first-order chi connectivity index (χ1) is 14.5. The minimum Gasteiger partial charge on any atom is -0.370 e. The maximum absolute atomic E-state index is 13.4. The highest BCUT2D eigenvalue weighted by molar-refractivity contribution is 9.10. The summed E-state index contributed by atoms with van der Waals surface area (Å²) >= 11 is 3.07. The van der Waals surface area contributed by atoms with E-state index in [4.69, 9.17) is 10.4 Å². The van der Waals surface area contributed by atoms with E-state index in [0.717, 1.165) is 12.8 Å². The number of amides is 1. The molecule has 1 saturated carbocycles. The van der Waals surface area contributed by atoms with Crippen LogP contribution in [0.15, 0.2) is 37.3 Å². The standard InChI is InChI=1S/C17H20BrFN8O3/c18-11-8-10(4-5-12(11)19)23-15(25-29)13-14(27-30-26-13)21-6-1-7-22-17(20)24-16(28)9-2-3-9/h4-5,8-9,29H,1-3,6-7H2,(H,21,27)(H,23,25)(H3,20,22,24,28). The number of nitrogens with one attached hydrogen (secondary N) is 3. The van der Waals surface area contributed by atoms with Gasteiger partial charge in [-0.05, 0) is 63.7 Å². The van der Waals surface area contributed by atoms with Crippen LogP contribution >= 0.6 is 15.9 Å². The third-order valence-corrected chi connectivity index (χ3v) is 4.68. The lowest BCUT2D eigenvalue weighted by Gasteiger charge is -2.06. The SMILES string of the molecule is NC(=NCCCNc1nonc1C(=Nc1ccc(F)c(Br)c1)NO)NC(=O)C1CC1. The molecule has 1 aliphatic rings. The lowest BCUT2D eigenvalue weighted by atomic mass is 10.3. The van der Waals surface area contributed by atoms with Crippen molar-refractivity contribution in [2.24, 2.45) is 21.6 Å². The van der Waals surface area contributed by atoms with Crippen molar-refractivity contribution in [3.63, 3.8) is 0 Å². The van der Waals surface area contributed by atoms with Gasteiger partial charge in [0.05, 0.1) is 10.2 Å². The lowest BCUT2D eigenvalue weighted by Crippen LogP contribution is -2.37. The molecule has 0 atom stereocenters. The second kappa shape index (κ2) is 10.1. The summed E-state index contributed by atoms with van der Waals surface area (Å²) in [6.07, 6.45) is 2.36. The van der Waals surface area contributed by atoms with Gasteiger partial charge in [-0.2, -0.15) is 0 Å². The van der Waals surface area contributed by atoms with Gasteiger partial charge in [-0.25, -0.2) is 14.0 Å². The molecule has 13 heteroatoms. The molecule has 1 aromatic heterocycles. The Kier molecular flexibility index (Phi) is 7.30. The van der Waals surface area contributed by atoms with Crippen molar-refractivity contribution in [3.8, 4) is 0 Å². The molecule has 30 heavy (non-hydrogen) atoms. The number of guanidine groups is 1. The molecule has 1 aromatic carbocycles. The third kappa shape index (κ3) is 5.97. The second-order valence-electron chi connectivity index (χ2n) is 6.44. The molecule has 0 aliphatic heterocycles. The number of carbonyl (C=O) groups excluding carboxylic acids is 1. The molecule has 0 bridgehead atoms. The van der Waals surface area contributed by atoms with E-state index in [2.05, 4.69) is 46.9 Å². The molecule has 1 amide bonds. The van der Waals surface area contributed by atoms with E-state index in [-0.39, 0.29) is 39.6 Å². The number of nitrogens with zero attached hydrogens (tertiary/aromatic N) is 4. The molecular formula is C17H20BrFN8O3. The first-order valence-electron chi connectivity index (χ1n) is 9.09. The van der Waals surface area contributed by atoms with Crippen molar-refractivity contribution < 1.29 is 19.0 Å². The molecule has 160 valence electrons. The first-order valence-corrected chi connectivity index (χ1v) is 9.88. The Morgan fingerprint density at radius 3 is 2.90 bits per heavy atom. The van der Waals surface area contributed by atoms with Crippen LogP contribution < -0.4 is 21.8 Å². The molecule has 1 aliphatic carbocycles. The molecule has 3 rings (SSSR count). The molecular weight excluding hydrogens is 463 g/mol. The third-order valence-electron chi connectivity index (χ3n) is 4.07. The molecule has 2 aromatic rings. The summed E-state index contributed by atoms with van der Waals surface area (Å²) in [5, 5.41) is 22.4. The Morgan fingerprint density at radius 1 is 1.40 bits per heavy atom. The Balaban J connectivity index is 1.54. The van der Waals surface area contributed by atoms with Gasteiger partial charge in [0, 0.05) is 19.0 Å². The number of aliphatic imine (C=N–C) groups is 2. The quantitative estimate of drug-likeness (QED) is 0.164. The number of halogens is 2. The van der Waals surface area contributed by atoms with Crippen LogP contribution in [0.3, 0.4) is 0 Å². The van der Waals surface area contributed by atoms with Gasteiger partial charge in [0.1, 0.15) is 5.82 Å². The van der Waals surface area contributed by atoms with Crippen LogP contribution in [0.4, 0.5) is 15.9 Å². The minimum absolute atomic E-state index is 0.0395. The van der Waals surface area contributed by atoms with Gasteiger partial charge >= 0.3 is 0 Å². The Labute approximate surface area is 179 Å². The molecule has 0 saturated heterocycles. The van der Waals surface area contributed by atoms with Crippen molar-refractivity contribution in [2.45, 2.75) is 19.3 Å². The molecule has 0 radical (unpaired) electrons. The topological polar surface area (TPSA) is 163 Å². The number of hydrogen-bond donors (Lipinski definition) is 5. The fourth-order valence-electron chi connectivity index (χ4n) is 2.37. The zero-order valence-corrected chi connectivity index (χ0v) is 17.3. The predicted octanol–water partition coefficient (Wildman–Crippen LogP) is 1.67. The van der Waals surface area contributed by atoms with Crippen LogP contribution in [0.25, 0.3) is 0 Å². The molecule has 0 unspecified atom stereocenters. The fourth-order valence-corrected chi connectivity index (χ4v) is 2.74. The summed E-state index contributed by atoms with van der Waals surface area (Å²) in [6, 6.07) is 4.11. The van der Waals surface area contributed by atoms with Crippen molar-refractivity contribution in [3.05, 3.63) is 34.2 Å². The smallest absolute Gasteiger partial charge is 0.229 e. The van der Waals surface area contributed by atoms with Gasteiger partial charge in [-0.3, -0.25) is 25.8 Å². The molecule has 11 nitrogen and oxygen atoms in total. The highest BCUT2D eigenvalue weighted by atomic mass is 79.9. The number of hydrogen-bond acceptors (Lipinski definition) is 8. The second-order valence-corrected chi connectivity index (χ2v) is 7.30. The van der Waals surface area contributed by atoms with E-state index in [1.165, 1.54) is 18.2 Å². The maximum atomic E-state index is 13.4. The van der Waals surface area contributed by atoms with Gasteiger partial charge < -0.3 is 11.1 Å². The van der Waals surface area contributed by atoms with Crippen molar-refractivity contribution in [1.29, 1.82) is 0 Å². The van der Waals surface area contributed by atoms with Gasteiger partial charge in [0.15, 0.2) is 17.5 Å². The van der Waals surface area contributed by atoms with Crippen LogP contribution in [0.2, 0.25) is 0 Å². The minimum atomic E-state index is -0.437. The van der Waals surface area contributed by atoms with E-state index in [1.807, 2.05) is 5.48 Å². The predicted molar refractivity (Wildman–Crippen MR) is 110 cm³/mol. The van der Waals surface area contributed by atoms with Crippen molar-refractivity contribution in [1.82, 2.24) is 21.1 Å². The van der Waals surface area contributed by atoms with E-state index < -0.39 is 5.82 Å². The summed E-state index contributed by atoms with van der Waals surface area (Å²) in [7, 11) is 0. The zero-order chi connectivity index (χ0) is 21.5. The van der Waals surface area contributed by atoms with Gasteiger partial charge in [-0.15, -0.1) is 0 Å². The number of aromatic nitrogens is 2. The Bertz CT molecular complexity index is 960. The van der Waals surface area contributed by atoms with Crippen LogP contribution in [0.5, 0.6) is 0 Å². The highest BCUT2D eigenvalue weighted by Gasteiger charge is 2.29. The van der Waals surface area contributed by atoms with E-state index >= 15 is 0 Å². The maximum Gasteiger partial charge on any atom is 0.229 e. The summed E-state index contributed by atoms with van der Waals surface area (Å²) in [6.45, 7) is 0.822. The normalized spacial score (nSPS) is 14.5. The average Bonchev–Trinajstić information content (AvgIpc) is 3.48. The lowest BCUT2D eigenvalue weighted by molar-refractivity contribution is -0.120. The molecule has 0 spiro atoms. The monoisotopic (exact) mass is 482 g/mol. The van der Waals surface area contributed by atoms with E-state index in [9.17, 15) is 14.4 Å². The summed E-state index contributed by atoms with van der Waals surface area (Å²) in [5.74, 6) is -0.166. The van der Waals surface area contributed by atoms with E-state index in [1.54, 1.807) is 0 Å². The highest BCUT2D eigenvalue weighted by Crippen LogP contribution is 2.28. The molecule has 6 N–H and O–H groups in total. The zero-order valence-electron chi connectivity index (χ0n) is 15.7. The summed E-state index contributed by atoms with van der Waals surface area (Å²) in [4.78, 5) is 19.9. The number of benzene rings is 1. The largest absolute Gasteiger partial charge is 0.370 e. The summed E-state index contributed by atoms with van der Waals surface area (Å²) in [5.41, 5.74) is 8.11. The van der Waals surface area contributed by atoms with Gasteiger partial charge in [0.2, 0.25) is 11.7 Å². The van der Waals surface area contributed by atoms with Crippen molar-refractivity contribution >= 4 is 45.1 Å². The number of nitrogens with two attached hydrogens (primary N) is 1. The Hall–Kier alpha value is -3.06. The first kappa shape index (κ1) is 21.6. The van der Waals surface area contributed by atoms with Crippen LogP contribution in [0.1, 0.15) is 25.0 Å². The fraction of sp³-hybridized carbons (Fsp3) is 0.353.